The Bertz CT molecular complexity index is 919. The molecule has 2 amide bonds. The maximum atomic E-state index is 12.8. The zero-order valence-corrected chi connectivity index (χ0v) is 18.6. The van der Waals surface area contributed by atoms with Gasteiger partial charge in [0.15, 0.2) is 12.4 Å². The first-order valence-electron chi connectivity index (χ1n) is 9.27. The van der Waals surface area contributed by atoms with E-state index < -0.39 is 41.7 Å². The number of imide groups is 1. The third kappa shape index (κ3) is 3.37. The molecule has 2 bridgehead atoms. The molecular formula is C19H16Br2N2O7. The molecule has 0 spiro atoms. The van der Waals surface area contributed by atoms with Gasteiger partial charge in [0, 0.05) is 27.4 Å². The van der Waals surface area contributed by atoms with Crippen molar-refractivity contribution in [3.8, 4) is 0 Å². The van der Waals surface area contributed by atoms with Crippen LogP contribution in [-0.4, -0.2) is 56.2 Å². The van der Waals surface area contributed by atoms with Crippen LogP contribution in [0.1, 0.15) is 16.8 Å². The van der Waals surface area contributed by atoms with Crippen molar-refractivity contribution in [1.29, 1.82) is 0 Å². The fraction of sp³-hybridized carbons (Fsp3) is 0.474. The number of ketones is 1. The van der Waals surface area contributed by atoms with E-state index in [4.69, 9.17) is 4.74 Å². The van der Waals surface area contributed by atoms with E-state index in [1.165, 1.54) is 24.3 Å². The molecule has 1 aromatic rings. The molecule has 11 heteroatoms. The highest BCUT2D eigenvalue weighted by atomic mass is 79.9. The zero-order valence-electron chi connectivity index (χ0n) is 15.4. The van der Waals surface area contributed by atoms with Gasteiger partial charge in [0.1, 0.15) is 6.54 Å². The highest BCUT2D eigenvalue weighted by Gasteiger charge is 2.66. The molecule has 2 saturated carbocycles. The summed E-state index contributed by atoms with van der Waals surface area (Å²) in [7, 11) is 0. The van der Waals surface area contributed by atoms with Gasteiger partial charge in [0.05, 0.1) is 16.8 Å². The van der Waals surface area contributed by atoms with Gasteiger partial charge in [-0.1, -0.05) is 31.9 Å². The van der Waals surface area contributed by atoms with Crippen molar-refractivity contribution in [2.24, 2.45) is 23.7 Å². The Labute approximate surface area is 187 Å². The maximum absolute atomic E-state index is 12.8. The minimum atomic E-state index is -0.856. The summed E-state index contributed by atoms with van der Waals surface area (Å²) in [6.45, 7) is -1.12. The first-order valence-corrected chi connectivity index (χ1v) is 11.1. The minimum absolute atomic E-state index is 0.0468. The molecule has 30 heavy (non-hydrogen) atoms. The fourth-order valence-corrected chi connectivity index (χ4v) is 6.61. The summed E-state index contributed by atoms with van der Waals surface area (Å²) in [5.74, 6) is -2.87. The van der Waals surface area contributed by atoms with Crippen LogP contribution in [0.15, 0.2) is 24.3 Å². The molecule has 2 aliphatic carbocycles. The van der Waals surface area contributed by atoms with Gasteiger partial charge in [-0.15, -0.1) is 0 Å². The van der Waals surface area contributed by atoms with Gasteiger partial charge in [-0.3, -0.25) is 34.2 Å². The number of carbonyl (C=O) groups excluding carboxylic acids is 4. The lowest BCUT2D eigenvalue weighted by molar-refractivity contribution is -0.384. The van der Waals surface area contributed by atoms with Crippen molar-refractivity contribution in [2.45, 2.75) is 16.1 Å². The van der Waals surface area contributed by atoms with E-state index in [-0.39, 0.29) is 44.6 Å². The molecule has 1 aliphatic heterocycles. The van der Waals surface area contributed by atoms with Gasteiger partial charge in [-0.25, -0.2) is 0 Å². The number of halogens is 2. The Balaban J connectivity index is 1.34. The lowest BCUT2D eigenvalue weighted by Gasteiger charge is -2.28. The molecule has 158 valence electrons. The number of ether oxygens (including phenoxy) is 1. The number of esters is 1. The van der Waals surface area contributed by atoms with Crippen molar-refractivity contribution in [3.05, 3.63) is 39.9 Å². The van der Waals surface area contributed by atoms with Crippen molar-refractivity contribution in [2.75, 3.05) is 13.2 Å². The van der Waals surface area contributed by atoms with Crippen LogP contribution >= 0.6 is 31.9 Å². The monoisotopic (exact) mass is 542 g/mol. The Morgan fingerprint density at radius 3 is 2.10 bits per heavy atom. The van der Waals surface area contributed by atoms with Gasteiger partial charge >= 0.3 is 5.97 Å². The fourth-order valence-electron chi connectivity index (χ4n) is 4.74. The van der Waals surface area contributed by atoms with Gasteiger partial charge < -0.3 is 4.74 Å². The van der Waals surface area contributed by atoms with Crippen molar-refractivity contribution < 1.29 is 28.8 Å². The molecule has 1 heterocycles. The van der Waals surface area contributed by atoms with Crippen LogP contribution in [-0.2, 0) is 19.1 Å². The van der Waals surface area contributed by atoms with Crippen LogP contribution in [0.5, 0.6) is 0 Å². The number of hydrogen-bond acceptors (Lipinski definition) is 7. The normalized spacial score (nSPS) is 31.7. The van der Waals surface area contributed by atoms with Crippen LogP contribution in [0.2, 0.25) is 0 Å². The highest BCUT2D eigenvalue weighted by Crippen LogP contribution is 2.60. The number of rotatable bonds is 6. The summed E-state index contributed by atoms with van der Waals surface area (Å²) < 4.78 is 4.94. The average molecular weight is 544 g/mol. The topological polar surface area (TPSA) is 124 Å². The largest absolute Gasteiger partial charge is 0.456 e. The molecule has 0 radical (unpaired) electrons. The third-order valence-electron chi connectivity index (χ3n) is 6.13. The molecule has 0 aromatic heterocycles. The molecule has 4 rings (SSSR count). The van der Waals surface area contributed by atoms with E-state index in [9.17, 15) is 29.3 Å². The second-order valence-corrected chi connectivity index (χ2v) is 9.77. The number of nitro benzene ring substituents is 1. The molecule has 0 N–H and O–H groups in total. The zero-order chi connectivity index (χ0) is 21.7. The Kier molecular flexibility index (Phi) is 5.52. The van der Waals surface area contributed by atoms with Crippen LogP contribution in [0.3, 0.4) is 0 Å². The van der Waals surface area contributed by atoms with E-state index in [2.05, 4.69) is 31.9 Å². The number of Topliss-reactive ketones (excluding diaryl/α,β-unsaturated/α-hetero) is 1. The molecular weight excluding hydrogens is 528 g/mol. The second kappa shape index (κ2) is 7.84. The Morgan fingerprint density at radius 2 is 1.60 bits per heavy atom. The number of amides is 2. The maximum Gasteiger partial charge on any atom is 0.326 e. The molecule has 9 nitrogen and oxygen atoms in total. The smallest absolute Gasteiger partial charge is 0.326 e. The quantitative estimate of drug-likeness (QED) is 0.134. The molecule has 1 aromatic carbocycles. The van der Waals surface area contributed by atoms with Gasteiger partial charge in [-0.05, 0) is 30.4 Å². The first kappa shape index (κ1) is 21.1. The number of hydrogen-bond donors (Lipinski definition) is 0. The average Bonchev–Trinajstić information content (AvgIpc) is 3.33. The molecule has 3 aliphatic rings. The van der Waals surface area contributed by atoms with E-state index >= 15 is 0 Å². The van der Waals surface area contributed by atoms with Crippen LogP contribution < -0.4 is 0 Å². The first-order chi connectivity index (χ1) is 14.2. The predicted octanol–water partition coefficient (Wildman–Crippen LogP) is 2.10. The van der Waals surface area contributed by atoms with Gasteiger partial charge in [0.2, 0.25) is 11.8 Å². The lowest BCUT2D eigenvalue weighted by atomic mass is 9.81. The van der Waals surface area contributed by atoms with Gasteiger partial charge in [-0.2, -0.15) is 0 Å². The number of alkyl halides is 2. The van der Waals surface area contributed by atoms with E-state index in [1.54, 1.807) is 0 Å². The summed E-state index contributed by atoms with van der Waals surface area (Å²) >= 11 is 7.19. The standard InChI is InChI=1S/C19H16Br2N2O7/c20-16-10-5-11(17(16)21)15-14(10)18(26)22(19(15)27)6-13(25)30-7-12(24)8-1-3-9(4-2-8)23(28)29/h1-4,10-11,14-17H,5-7H2. The molecule has 1 saturated heterocycles. The van der Waals surface area contributed by atoms with E-state index in [0.29, 0.717) is 0 Å². The Morgan fingerprint density at radius 1 is 1.07 bits per heavy atom. The molecule has 6 atom stereocenters. The number of nitro groups is 1. The van der Waals surface area contributed by atoms with Crippen molar-refractivity contribution in [3.63, 3.8) is 0 Å². The molecule has 6 unspecified atom stereocenters. The number of nitrogens with zero attached hydrogens (tertiary/aromatic N) is 2. The molecule has 3 fully saturated rings. The summed E-state index contributed by atoms with van der Waals surface area (Å²) in [5, 5.41) is 10.7. The van der Waals surface area contributed by atoms with Crippen LogP contribution in [0.25, 0.3) is 0 Å². The summed E-state index contributed by atoms with van der Waals surface area (Å²) in [5.41, 5.74) is -0.00915. The number of carbonyl (C=O) groups is 4. The highest BCUT2D eigenvalue weighted by molar-refractivity contribution is 9.12. The Hall–Kier alpha value is -2.14. The number of fused-ring (bicyclic) bond motifs is 5. The number of benzene rings is 1. The third-order valence-corrected chi connectivity index (χ3v) is 9.34. The summed E-state index contributed by atoms with van der Waals surface area (Å²) in [4.78, 5) is 61.0. The predicted molar refractivity (Wildman–Crippen MR) is 109 cm³/mol. The summed E-state index contributed by atoms with van der Waals surface area (Å²) in [6, 6.07) is 4.90. The van der Waals surface area contributed by atoms with Crippen LogP contribution in [0, 0.1) is 33.8 Å². The lowest BCUT2D eigenvalue weighted by Crippen LogP contribution is -2.38. The van der Waals surface area contributed by atoms with Crippen molar-refractivity contribution in [1.82, 2.24) is 4.90 Å². The second-order valence-electron chi connectivity index (χ2n) is 7.65. The van der Waals surface area contributed by atoms with E-state index in [1.807, 2.05) is 0 Å². The van der Waals surface area contributed by atoms with Gasteiger partial charge in [0.25, 0.3) is 5.69 Å². The SMILES string of the molecule is O=C(CN1C(=O)C2C3CC(C(Br)C3Br)C2C1=O)OCC(=O)c1ccc([N+](=O)[O-])cc1. The summed E-state index contributed by atoms with van der Waals surface area (Å²) in [6.07, 6.45) is 0.792. The van der Waals surface area contributed by atoms with Crippen LogP contribution in [0.4, 0.5) is 5.69 Å². The number of likely N-dealkylation sites (tertiary alicyclic amines) is 1. The van der Waals surface area contributed by atoms with Crippen molar-refractivity contribution >= 4 is 61.1 Å². The number of non-ortho nitro benzene ring substituents is 1. The minimum Gasteiger partial charge on any atom is -0.456 e. The van der Waals surface area contributed by atoms with E-state index in [0.717, 1.165) is 11.3 Å².